The molecule has 34 heavy (non-hydrogen) atoms. The quantitative estimate of drug-likeness (QED) is 0.509. The number of halogens is 1. The monoisotopic (exact) mass is 523 g/mol. The summed E-state index contributed by atoms with van der Waals surface area (Å²) >= 11 is 3.65. The number of hydrogen-bond acceptors (Lipinski definition) is 7. The molecule has 3 aliphatic rings. The third-order valence-electron chi connectivity index (χ3n) is 7.00. The van der Waals surface area contributed by atoms with E-state index in [0.29, 0.717) is 26.2 Å². The molecule has 0 spiro atoms. The molecule has 0 bridgehead atoms. The largest absolute Gasteiger partial charge is 0.348 e. The fraction of sp³-hybridized carbons (Fsp3) is 0.417. The Morgan fingerprint density at radius 3 is 2.76 bits per heavy atom. The Hall–Kier alpha value is -2.66. The highest BCUT2D eigenvalue weighted by Gasteiger charge is 2.53. The van der Waals surface area contributed by atoms with E-state index in [2.05, 4.69) is 45.8 Å². The molecule has 2 aromatic heterocycles. The van der Waals surface area contributed by atoms with Gasteiger partial charge < -0.3 is 14.5 Å². The van der Waals surface area contributed by atoms with Crippen molar-refractivity contribution in [3.05, 3.63) is 70.0 Å². The molecular formula is C24H26BrN7O2. The first-order valence-electron chi connectivity index (χ1n) is 11.5. The fourth-order valence-corrected chi connectivity index (χ4v) is 5.51. The number of carbonyl (C=O) groups is 1. The van der Waals surface area contributed by atoms with Crippen LogP contribution in [0.2, 0.25) is 0 Å². The van der Waals surface area contributed by atoms with Crippen LogP contribution in [0.3, 0.4) is 0 Å². The maximum absolute atomic E-state index is 13.3. The summed E-state index contributed by atoms with van der Waals surface area (Å²) in [5.41, 5.74) is 1.71. The van der Waals surface area contributed by atoms with Crippen molar-refractivity contribution in [1.29, 1.82) is 0 Å². The van der Waals surface area contributed by atoms with Gasteiger partial charge in [0.15, 0.2) is 5.72 Å². The van der Waals surface area contributed by atoms with Crippen molar-refractivity contribution in [1.82, 2.24) is 34.4 Å². The van der Waals surface area contributed by atoms with Gasteiger partial charge in [-0.1, -0.05) is 22.0 Å². The molecule has 0 radical (unpaired) electrons. The lowest BCUT2D eigenvalue weighted by molar-refractivity contribution is -0.0619. The summed E-state index contributed by atoms with van der Waals surface area (Å²) in [6.07, 6.45) is 1.79. The molecule has 0 saturated carbocycles. The zero-order valence-electron chi connectivity index (χ0n) is 19.2. The highest BCUT2D eigenvalue weighted by atomic mass is 79.9. The van der Waals surface area contributed by atoms with E-state index >= 15 is 0 Å². The minimum atomic E-state index is -0.871. The van der Waals surface area contributed by atoms with Gasteiger partial charge in [0, 0.05) is 48.5 Å². The zero-order valence-corrected chi connectivity index (χ0v) is 20.8. The Bertz CT molecular complexity index is 1240. The Labute approximate surface area is 206 Å². The summed E-state index contributed by atoms with van der Waals surface area (Å²) in [6.45, 7) is 6.25. The lowest BCUT2D eigenvalue weighted by Crippen LogP contribution is -2.47. The summed E-state index contributed by atoms with van der Waals surface area (Å²) in [6, 6.07) is 12.0. The topological polar surface area (TPSA) is 79.6 Å². The average molecular weight is 524 g/mol. The fourth-order valence-electron chi connectivity index (χ4n) is 5.14. The molecule has 1 amide bonds. The molecule has 9 nitrogen and oxygen atoms in total. The first-order valence-corrected chi connectivity index (χ1v) is 12.3. The van der Waals surface area contributed by atoms with Gasteiger partial charge in [0.2, 0.25) is 5.82 Å². The molecule has 0 aliphatic carbocycles. The van der Waals surface area contributed by atoms with Gasteiger partial charge >= 0.3 is 0 Å². The Balaban J connectivity index is 1.50. The zero-order chi connectivity index (χ0) is 23.4. The molecule has 3 aliphatic heterocycles. The molecule has 1 aromatic carbocycles. The number of carbonyl (C=O) groups excluding carboxylic acids is 1. The Morgan fingerprint density at radius 1 is 1.18 bits per heavy atom. The highest BCUT2D eigenvalue weighted by molar-refractivity contribution is 9.10. The minimum absolute atomic E-state index is 0.117. The first-order chi connectivity index (χ1) is 16.5. The van der Waals surface area contributed by atoms with Crippen LogP contribution in [0.1, 0.15) is 34.6 Å². The number of pyridine rings is 1. The number of fused-ring (bicyclic) bond motifs is 5. The van der Waals surface area contributed by atoms with E-state index in [1.165, 1.54) is 0 Å². The van der Waals surface area contributed by atoms with Crippen LogP contribution in [0.25, 0.3) is 5.69 Å². The summed E-state index contributed by atoms with van der Waals surface area (Å²) in [4.78, 5) is 29.1. The second kappa shape index (κ2) is 8.23. The van der Waals surface area contributed by atoms with Crippen molar-refractivity contribution >= 4 is 21.8 Å². The number of piperazine rings is 1. The van der Waals surface area contributed by atoms with Crippen molar-refractivity contribution in [3.8, 4) is 5.69 Å². The molecule has 2 fully saturated rings. The van der Waals surface area contributed by atoms with Crippen molar-refractivity contribution < 1.29 is 9.53 Å². The molecule has 2 atom stereocenters. The summed E-state index contributed by atoms with van der Waals surface area (Å²) in [5.74, 6) is 0.844. The van der Waals surface area contributed by atoms with Crippen LogP contribution < -0.4 is 0 Å². The van der Waals surface area contributed by atoms with Crippen molar-refractivity contribution in [3.63, 3.8) is 0 Å². The Kier molecular flexibility index (Phi) is 5.29. The molecule has 0 N–H and O–H groups in total. The second-order valence-corrected chi connectivity index (χ2v) is 10.1. The van der Waals surface area contributed by atoms with Gasteiger partial charge in [-0.15, -0.1) is 5.10 Å². The molecule has 2 saturated heterocycles. The number of rotatable bonds is 2. The predicted molar refractivity (Wildman–Crippen MR) is 128 cm³/mol. The van der Waals surface area contributed by atoms with Crippen LogP contribution in [0, 0.1) is 0 Å². The number of nitrogens with zero attached hydrogens (tertiary/aromatic N) is 7. The number of benzene rings is 1. The molecule has 10 heteroatoms. The number of aromatic nitrogens is 4. The van der Waals surface area contributed by atoms with Gasteiger partial charge in [-0.05, 0) is 44.3 Å². The van der Waals surface area contributed by atoms with E-state index < -0.39 is 5.72 Å². The van der Waals surface area contributed by atoms with Gasteiger partial charge in [-0.2, -0.15) is 0 Å². The second-order valence-electron chi connectivity index (χ2n) is 9.17. The first kappa shape index (κ1) is 21.8. The van der Waals surface area contributed by atoms with E-state index in [4.69, 9.17) is 19.8 Å². The minimum Gasteiger partial charge on any atom is -0.348 e. The van der Waals surface area contributed by atoms with Crippen LogP contribution in [-0.2, 0) is 17.0 Å². The van der Waals surface area contributed by atoms with E-state index in [1.54, 1.807) is 6.20 Å². The normalized spacial score (nSPS) is 24.9. The number of hydrogen-bond donors (Lipinski definition) is 0. The van der Waals surface area contributed by atoms with Crippen LogP contribution in [0.5, 0.6) is 0 Å². The van der Waals surface area contributed by atoms with E-state index in [-0.39, 0.29) is 17.8 Å². The molecule has 6 rings (SSSR count). The van der Waals surface area contributed by atoms with Crippen LogP contribution in [0.4, 0.5) is 0 Å². The van der Waals surface area contributed by atoms with E-state index in [1.807, 2.05) is 39.9 Å². The maximum atomic E-state index is 13.3. The molecule has 3 aromatic rings. The number of likely N-dealkylation sites (N-methyl/N-ethyl adjacent to an activating group) is 1. The van der Waals surface area contributed by atoms with Gasteiger partial charge in [-0.25, -0.2) is 9.67 Å². The van der Waals surface area contributed by atoms with Crippen LogP contribution >= 0.6 is 15.9 Å². The standard InChI is InChI=1S/C24H26BrN7O2/c1-16-15-34-24(20-5-3-4-8-26-20)18-13-17(25)6-7-19(18)32-21(14-31(16)24)27-22(28-32)23(33)30-11-9-29(2)10-12-30/h3-8,13,16H,9-12,14-15H2,1-2H3. The highest BCUT2D eigenvalue weighted by Crippen LogP contribution is 2.47. The average Bonchev–Trinajstić information content (AvgIpc) is 3.39. The lowest BCUT2D eigenvalue weighted by atomic mass is 9.95. The van der Waals surface area contributed by atoms with Crippen molar-refractivity contribution in [2.75, 3.05) is 39.8 Å². The summed E-state index contributed by atoms with van der Waals surface area (Å²) < 4.78 is 9.32. The molecule has 2 unspecified atom stereocenters. The lowest BCUT2D eigenvalue weighted by Gasteiger charge is -2.37. The number of ether oxygens (including phenoxy) is 1. The van der Waals surface area contributed by atoms with Crippen molar-refractivity contribution in [2.45, 2.75) is 25.2 Å². The third-order valence-corrected chi connectivity index (χ3v) is 7.49. The van der Waals surface area contributed by atoms with Gasteiger partial charge in [0.25, 0.3) is 5.91 Å². The van der Waals surface area contributed by atoms with Crippen molar-refractivity contribution in [2.24, 2.45) is 0 Å². The van der Waals surface area contributed by atoms with Gasteiger partial charge in [-0.3, -0.25) is 14.7 Å². The smallest absolute Gasteiger partial charge is 0.293 e. The number of amides is 1. The van der Waals surface area contributed by atoms with Crippen LogP contribution in [-0.4, -0.2) is 86.2 Å². The van der Waals surface area contributed by atoms with Gasteiger partial charge in [0.05, 0.1) is 24.5 Å². The maximum Gasteiger partial charge on any atom is 0.293 e. The molecular weight excluding hydrogens is 498 g/mol. The molecule has 5 heterocycles. The predicted octanol–water partition coefficient (Wildman–Crippen LogP) is 2.25. The summed E-state index contributed by atoms with van der Waals surface area (Å²) in [5, 5.41) is 4.74. The third kappa shape index (κ3) is 3.31. The SMILES string of the molecule is CC1COC2(c3ccccn3)c3cc(Br)ccc3-n3nc(C(=O)N4CCN(C)CC4)nc3CN12. The molecule has 176 valence electrons. The summed E-state index contributed by atoms with van der Waals surface area (Å²) in [7, 11) is 2.07. The van der Waals surface area contributed by atoms with E-state index in [9.17, 15) is 4.79 Å². The van der Waals surface area contributed by atoms with E-state index in [0.717, 1.165) is 40.3 Å². The van der Waals surface area contributed by atoms with Gasteiger partial charge in [0.1, 0.15) is 5.82 Å². The Morgan fingerprint density at radius 2 is 2.00 bits per heavy atom. The van der Waals surface area contributed by atoms with Crippen LogP contribution in [0.15, 0.2) is 47.1 Å².